The van der Waals surface area contributed by atoms with Crippen LogP contribution in [0.4, 0.5) is 5.69 Å². The molecule has 2 amide bonds. The van der Waals surface area contributed by atoms with Gasteiger partial charge in [0.15, 0.2) is 0 Å². The fourth-order valence-corrected chi connectivity index (χ4v) is 5.59. The number of anilines is 1. The van der Waals surface area contributed by atoms with Crippen LogP contribution in [0, 0.1) is 5.92 Å². The van der Waals surface area contributed by atoms with E-state index in [2.05, 4.69) is 5.32 Å². The number of hydrogen-bond acceptors (Lipinski definition) is 3. The van der Waals surface area contributed by atoms with Gasteiger partial charge in [0.25, 0.3) is 5.91 Å². The number of hydrogen-bond donors (Lipinski definition) is 1. The molecule has 1 saturated carbocycles. The third-order valence-corrected chi connectivity index (χ3v) is 7.56. The van der Waals surface area contributed by atoms with E-state index in [-0.39, 0.29) is 17.7 Å². The van der Waals surface area contributed by atoms with Crippen molar-refractivity contribution in [2.45, 2.75) is 45.1 Å². The van der Waals surface area contributed by atoms with E-state index in [0.29, 0.717) is 19.5 Å². The Hall–Kier alpha value is -3.86. The van der Waals surface area contributed by atoms with Gasteiger partial charge in [-0.15, -0.1) is 0 Å². The summed E-state index contributed by atoms with van der Waals surface area (Å²) in [6.07, 6.45) is 6.14. The van der Waals surface area contributed by atoms with Crippen LogP contribution in [-0.4, -0.2) is 23.3 Å². The Morgan fingerprint density at radius 1 is 0.889 bits per heavy atom. The van der Waals surface area contributed by atoms with Crippen LogP contribution in [-0.2, 0) is 17.8 Å². The molecule has 1 aromatic heterocycles. The van der Waals surface area contributed by atoms with Crippen LogP contribution >= 0.6 is 0 Å². The molecule has 6 rings (SSSR count). The standard InChI is InChI=1S/C31H30N2O3/c34-30(22-9-2-1-3-10-22)32-25-13-6-12-23(18-25)29-19-24-20-33(17-16-28(24)36-29)31(35)27-15-7-11-21-8-4-5-14-26(21)27/h4-8,11-15,18-19,22H,1-3,9-10,16-17,20H2,(H,32,34). The molecule has 2 heterocycles. The minimum absolute atomic E-state index is 0.0487. The number of carbonyl (C=O) groups is 2. The first-order chi connectivity index (χ1) is 17.7. The van der Waals surface area contributed by atoms with Gasteiger partial charge in [-0.1, -0.05) is 67.8 Å². The predicted molar refractivity (Wildman–Crippen MR) is 142 cm³/mol. The van der Waals surface area contributed by atoms with Crippen molar-refractivity contribution in [3.63, 3.8) is 0 Å². The van der Waals surface area contributed by atoms with E-state index in [1.165, 1.54) is 6.42 Å². The van der Waals surface area contributed by atoms with Gasteiger partial charge in [0.05, 0.1) is 0 Å². The fourth-order valence-electron chi connectivity index (χ4n) is 5.59. The highest BCUT2D eigenvalue weighted by Crippen LogP contribution is 2.32. The topological polar surface area (TPSA) is 62.6 Å². The molecule has 0 atom stereocenters. The Morgan fingerprint density at radius 3 is 2.58 bits per heavy atom. The van der Waals surface area contributed by atoms with Gasteiger partial charge in [0.1, 0.15) is 11.5 Å². The number of benzene rings is 3. The average molecular weight is 479 g/mol. The summed E-state index contributed by atoms with van der Waals surface area (Å²) in [6.45, 7) is 1.15. The molecule has 0 spiro atoms. The summed E-state index contributed by atoms with van der Waals surface area (Å²) < 4.78 is 6.22. The quantitative estimate of drug-likeness (QED) is 0.350. The molecule has 1 aliphatic carbocycles. The van der Waals surface area contributed by atoms with E-state index >= 15 is 0 Å². The maximum atomic E-state index is 13.4. The number of rotatable bonds is 4. The number of nitrogens with zero attached hydrogens (tertiary/aromatic N) is 1. The lowest BCUT2D eigenvalue weighted by atomic mass is 9.88. The van der Waals surface area contributed by atoms with Gasteiger partial charge in [-0.3, -0.25) is 9.59 Å². The second-order valence-electron chi connectivity index (χ2n) is 9.97. The van der Waals surface area contributed by atoms with E-state index in [1.807, 2.05) is 77.7 Å². The Labute approximate surface area is 211 Å². The monoisotopic (exact) mass is 478 g/mol. The van der Waals surface area contributed by atoms with E-state index in [9.17, 15) is 9.59 Å². The van der Waals surface area contributed by atoms with Crippen molar-refractivity contribution >= 4 is 28.3 Å². The maximum Gasteiger partial charge on any atom is 0.254 e. The summed E-state index contributed by atoms with van der Waals surface area (Å²) in [4.78, 5) is 28.0. The summed E-state index contributed by atoms with van der Waals surface area (Å²) in [7, 11) is 0. The Balaban J connectivity index is 1.19. The number of amides is 2. The molecule has 36 heavy (non-hydrogen) atoms. The van der Waals surface area contributed by atoms with Crippen LogP contribution in [0.15, 0.2) is 77.2 Å². The SMILES string of the molecule is O=C(Nc1cccc(-c2cc3c(o2)CCN(C(=O)c2cccc4ccccc24)C3)c1)C1CCCCC1. The summed E-state index contributed by atoms with van der Waals surface area (Å²) in [6, 6.07) is 23.8. The number of nitrogens with one attached hydrogen (secondary N) is 1. The molecule has 0 bridgehead atoms. The summed E-state index contributed by atoms with van der Waals surface area (Å²) in [5.41, 5.74) is 3.51. The summed E-state index contributed by atoms with van der Waals surface area (Å²) >= 11 is 0. The Morgan fingerprint density at radius 2 is 1.69 bits per heavy atom. The van der Waals surface area contributed by atoms with Crippen molar-refractivity contribution in [3.8, 4) is 11.3 Å². The van der Waals surface area contributed by atoms with Gasteiger partial charge < -0.3 is 14.6 Å². The maximum absolute atomic E-state index is 13.4. The average Bonchev–Trinajstić information content (AvgIpc) is 3.37. The van der Waals surface area contributed by atoms with Crippen LogP contribution in [0.3, 0.4) is 0 Å². The fraction of sp³-hybridized carbons (Fsp3) is 0.290. The van der Waals surface area contributed by atoms with Gasteiger partial charge >= 0.3 is 0 Å². The molecule has 0 unspecified atom stereocenters. The van der Waals surface area contributed by atoms with Crippen LogP contribution in [0.1, 0.15) is 53.8 Å². The molecule has 182 valence electrons. The van der Waals surface area contributed by atoms with Gasteiger partial charge in [-0.2, -0.15) is 0 Å². The lowest BCUT2D eigenvalue weighted by Crippen LogP contribution is -2.35. The molecule has 5 heteroatoms. The summed E-state index contributed by atoms with van der Waals surface area (Å²) in [5.74, 6) is 1.99. The minimum Gasteiger partial charge on any atom is -0.461 e. The van der Waals surface area contributed by atoms with Gasteiger partial charge in [0.2, 0.25) is 5.91 Å². The van der Waals surface area contributed by atoms with Crippen molar-refractivity contribution in [1.29, 1.82) is 0 Å². The molecule has 5 nitrogen and oxygen atoms in total. The highest BCUT2D eigenvalue weighted by atomic mass is 16.3. The number of furan rings is 1. The zero-order valence-electron chi connectivity index (χ0n) is 20.3. The molecule has 1 N–H and O–H groups in total. The van der Waals surface area contributed by atoms with Gasteiger partial charge in [-0.05, 0) is 47.9 Å². The van der Waals surface area contributed by atoms with Crippen LogP contribution in [0.25, 0.3) is 22.1 Å². The van der Waals surface area contributed by atoms with Crippen LogP contribution in [0.2, 0.25) is 0 Å². The minimum atomic E-state index is 0.0487. The van der Waals surface area contributed by atoms with Crippen molar-refractivity contribution < 1.29 is 14.0 Å². The molecule has 0 radical (unpaired) electrons. The predicted octanol–water partition coefficient (Wildman–Crippen LogP) is 6.82. The third kappa shape index (κ3) is 4.41. The number of fused-ring (bicyclic) bond motifs is 2. The highest BCUT2D eigenvalue weighted by molar-refractivity contribution is 6.07. The molecular formula is C31H30N2O3. The first-order valence-corrected chi connectivity index (χ1v) is 13.0. The zero-order valence-corrected chi connectivity index (χ0v) is 20.3. The van der Waals surface area contributed by atoms with E-state index in [0.717, 1.165) is 70.4 Å². The second kappa shape index (κ2) is 9.65. The normalized spacial score (nSPS) is 16.1. The Kier molecular flexibility index (Phi) is 6.06. The molecule has 3 aromatic carbocycles. The molecule has 2 aliphatic rings. The van der Waals surface area contributed by atoms with Crippen LogP contribution < -0.4 is 5.32 Å². The van der Waals surface area contributed by atoms with E-state index in [4.69, 9.17) is 4.42 Å². The van der Waals surface area contributed by atoms with Gasteiger partial charge in [-0.25, -0.2) is 0 Å². The van der Waals surface area contributed by atoms with Gasteiger partial charge in [0, 0.05) is 47.8 Å². The lowest BCUT2D eigenvalue weighted by Gasteiger charge is -2.26. The van der Waals surface area contributed by atoms with Crippen molar-refractivity contribution in [2.24, 2.45) is 5.92 Å². The van der Waals surface area contributed by atoms with E-state index in [1.54, 1.807) is 0 Å². The van der Waals surface area contributed by atoms with Crippen molar-refractivity contribution in [2.75, 3.05) is 11.9 Å². The highest BCUT2D eigenvalue weighted by Gasteiger charge is 2.26. The zero-order chi connectivity index (χ0) is 24.5. The van der Waals surface area contributed by atoms with Crippen molar-refractivity contribution in [3.05, 3.63) is 89.7 Å². The molecule has 1 fully saturated rings. The van der Waals surface area contributed by atoms with Crippen molar-refractivity contribution in [1.82, 2.24) is 4.90 Å². The molecular weight excluding hydrogens is 448 g/mol. The summed E-state index contributed by atoms with van der Waals surface area (Å²) in [5, 5.41) is 5.16. The third-order valence-electron chi connectivity index (χ3n) is 7.56. The lowest BCUT2D eigenvalue weighted by molar-refractivity contribution is -0.120. The number of carbonyl (C=O) groups excluding carboxylic acids is 2. The van der Waals surface area contributed by atoms with E-state index < -0.39 is 0 Å². The smallest absolute Gasteiger partial charge is 0.254 e. The Bertz CT molecular complexity index is 1430. The molecule has 0 saturated heterocycles. The first-order valence-electron chi connectivity index (χ1n) is 13.0. The molecule has 4 aromatic rings. The largest absolute Gasteiger partial charge is 0.461 e. The van der Waals surface area contributed by atoms with Crippen LogP contribution in [0.5, 0.6) is 0 Å². The molecule has 1 aliphatic heterocycles. The second-order valence-corrected chi connectivity index (χ2v) is 9.97. The first kappa shape index (κ1) is 22.6.